The molecule has 128 valence electrons. The van der Waals surface area contributed by atoms with E-state index < -0.39 is 11.6 Å². The highest BCUT2D eigenvalue weighted by atomic mass is 32.2. The van der Waals surface area contributed by atoms with E-state index in [4.69, 9.17) is 0 Å². The van der Waals surface area contributed by atoms with Crippen LogP contribution in [0.2, 0.25) is 0 Å². The number of rotatable bonds is 3. The number of nitrogens with one attached hydrogen (secondary N) is 1. The number of imide groups is 1. The fraction of sp³-hybridized carbons (Fsp3) is 0.812. The molecule has 4 amide bonds. The van der Waals surface area contributed by atoms with Crippen LogP contribution in [0.3, 0.4) is 0 Å². The summed E-state index contributed by atoms with van der Waals surface area (Å²) >= 11 is 1.96. The van der Waals surface area contributed by atoms with Crippen molar-refractivity contribution < 1.29 is 14.4 Å². The third-order valence-corrected chi connectivity index (χ3v) is 6.79. The maximum absolute atomic E-state index is 12.7. The second-order valence-electron chi connectivity index (χ2n) is 6.86. The Morgan fingerprint density at radius 1 is 1.35 bits per heavy atom. The molecule has 2 heterocycles. The van der Waals surface area contributed by atoms with Crippen LogP contribution in [0.15, 0.2) is 0 Å². The molecule has 1 aliphatic carbocycles. The monoisotopic (exact) mass is 339 g/mol. The standard InChI is InChI=1S/C16H25N3O3S/c1-3-16(2)14(21)19(15(22)17-16)10-13(20)18-8-9-23-12-7-5-4-6-11(12)18/h11-12H,3-10H2,1-2H3,(H,17,22)/t11-,12+,16-/m0/s1. The first kappa shape index (κ1) is 16.6. The Hall–Kier alpha value is -1.24. The summed E-state index contributed by atoms with van der Waals surface area (Å²) in [7, 11) is 0. The van der Waals surface area contributed by atoms with Gasteiger partial charge in [0.25, 0.3) is 5.91 Å². The van der Waals surface area contributed by atoms with E-state index in [-0.39, 0.29) is 24.4 Å². The fourth-order valence-electron chi connectivity index (χ4n) is 3.76. The summed E-state index contributed by atoms with van der Waals surface area (Å²) < 4.78 is 0. The quantitative estimate of drug-likeness (QED) is 0.793. The van der Waals surface area contributed by atoms with Gasteiger partial charge >= 0.3 is 6.03 Å². The summed E-state index contributed by atoms with van der Waals surface area (Å²) in [6.45, 7) is 4.16. The Morgan fingerprint density at radius 2 is 2.09 bits per heavy atom. The zero-order chi connectivity index (χ0) is 16.6. The van der Waals surface area contributed by atoms with Gasteiger partial charge in [-0.25, -0.2) is 4.79 Å². The van der Waals surface area contributed by atoms with Crippen molar-refractivity contribution in [3.05, 3.63) is 0 Å². The molecular weight excluding hydrogens is 314 g/mol. The molecule has 3 rings (SSSR count). The van der Waals surface area contributed by atoms with Gasteiger partial charge in [-0.1, -0.05) is 19.8 Å². The van der Waals surface area contributed by atoms with Crippen LogP contribution in [0.25, 0.3) is 0 Å². The van der Waals surface area contributed by atoms with E-state index in [1.807, 2.05) is 23.6 Å². The van der Waals surface area contributed by atoms with Gasteiger partial charge in [-0.05, 0) is 26.2 Å². The van der Waals surface area contributed by atoms with Crippen LogP contribution in [0, 0.1) is 0 Å². The van der Waals surface area contributed by atoms with Crippen LogP contribution in [-0.2, 0) is 9.59 Å². The Morgan fingerprint density at radius 3 is 2.78 bits per heavy atom. The molecule has 0 unspecified atom stereocenters. The molecule has 0 spiro atoms. The summed E-state index contributed by atoms with van der Waals surface area (Å²) in [6, 6.07) is -0.174. The number of hydrogen-bond acceptors (Lipinski definition) is 4. The first-order chi connectivity index (χ1) is 11.0. The minimum atomic E-state index is -0.873. The average Bonchev–Trinajstić information content (AvgIpc) is 2.78. The van der Waals surface area contributed by atoms with Gasteiger partial charge < -0.3 is 10.2 Å². The van der Waals surface area contributed by atoms with Gasteiger partial charge in [0.15, 0.2) is 0 Å². The molecule has 0 radical (unpaired) electrons. The fourth-order valence-corrected chi connectivity index (χ4v) is 5.21. The van der Waals surface area contributed by atoms with Gasteiger partial charge in [0.05, 0.1) is 0 Å². The number of fused-ring (bicyclic) bond motifs is 1. The van der Waals surface area contributed by atoms with Crippen LogP contribution >= 0.6 is 11.8 Å². The lowest BCUT2D eigenvalue weighted by molar-refractivity contribution is -0.140. The number of nitrogens with zero attached hydrogens (tertiary/aromatic N) is 2. The molecule has 1 N–H and O–H groups in total. The molecule has 23 heavy (non-hydrogen) atoms. The first-order valence-corrected chi connectivity index (χ1v) is 9.56. The molecule has 0 bridgehead atoms. The third kappa shape index (κ3) is 2.95. The molecule has 6 nitrogen and oxygen atoms in total. The first-order valence-electron chi connectivity index (χ1n) is 8.51. The summed E-state index contributed by atoms with van der Waals surface area (Å²) in [5.41, 5.74) is -0.873. The van der Waals surface area contributed by atoms with Gasteiger partial charge in [-0.2, -0.15) is 11.8 Å². The molecule has 3 fully saturated rings. The van der Waals surface area contributed by atoms with Crippen molar-refractivity contribution in [1.82, 2.24) is 15.1 Å². The number of hydrogen-bond donors (Lipinski definition) is 1. The summed E-state index contributed by atoms with van der Waals surface area (Å²) in [4.78, 5) is 40.3. The van der Waals surface area contributed by atoms with Crippen molar-refractivity contribution in [2.75, 3.05) is 18.8 Å². The van der Waals surface area contributed by atoms with E-state index in [1.165, 1.54) is 6.42 Å². The molecule has 3 aliphatic rings. The summed E-state index contributed by atoms with van der Waals surface area (Å²) in [6.07, 6.45) is 5.11. The SMILES string of the molecule is CC[C@]1(C)NC(=O)N(CC(=O)N2CCS[C@@H]3CCCC[C@@H]32)C1=O. The van der Waals surface area contributed by atoms with Crippen molar-refractivity contribution in [1.29, 1.82) is 0 Å². The maximum Gasteiger partial charge on any atom is 0.325 e. The van der Waals surface area contributed by atoms with E-state index >= 15 is 0 Å². The molecule has 0 aromatic heterocycles. The Bertz CT molecular complexity index is 525. The lowest BCUT2D eigenvalue weighted by Crippen LogP contribution is -2.54. The minimum Gasteiger partial charge on any atom is -0.336 e. The van der Waals surface area contributed by atoms with Gasteiger partial charge in [0.1, 0.15) is 12.1 Å². The predicted octanol–water partition coefficient (Wildman–Crippen LogP) is 1.59. The normalized spacial score (nSPS) is 34.3. The topological polar surface area (TPSA) is 69.7 Å². The Kier molecular flexibility index (Phi) is 4.58. The van der Waals surface area contributed by atoms with Crippen LogP contribution in [0.1, 0.15) is 46.0 Å². The molecule has 2 saturated heterocycles. The lowest BCUT2D eigenvalue weighted by Gasteiger charge is -2.43. The van der Waals surface area contributed by atoms with E-state index in [1.54, 1.807) is 6.92 Å². The van der Waals surface area contributed by atoms with Crippen molar-refractivity contribution in [2.45, 2.75) is 62.8 Å². The van der Waals surface area contributed by atoms with Crippen molar-refractivity contribution in [3.63, 3.8) is 0 Å². The summed E-state index contributed by atoms with van der Waals surface area (Å²) in [5, 5.41) is 3.23. The van der Waals surface area contributed by atoms with Gasteiger partial charge in [0, 0.05) is 23.6 Å². The zero-order valence-electron chi connectivity index (χ0n) is 13.8. The molecule has 7 heteroatoms. The highest BCUT2D eigenvalue weighted by Gasteiger charge is 2.48. The van der Waals surface area contributed by atoms with E-state index in [9.17, 15) is 14.4 Å². The molecule has 2 aliphatic heterocycles. The average molecular weight is 339 g/mol. The van der Waals surface area contributed by atoms with Crippen LogP contribution in [-0.4, -0.2) is 63.3 Å². The molecule has 0 aromatic carbocycles. The molecule has 0 aromatic rings. The number of carbonyl (C=O) groups is 3. The zero-order valence-corrected chi connectivity index (χ0v) is 14.7. The van der Waals surface area contributed by atoms with Crippen molar-refractivity contribution in [2.24, 2.45) is 0 Å². The van der Waals surface area contributed by atoms with E-state index in [0.717, 1.165) is 36.5 Å². The van der Waals surface area contributed by atoms with Crippen LogP contribution < -0.4 is 5.32 Å². The van der Waals surface area contributed by atoms with Gasteiger partial charge in [0.2, 0.25) is 5.91 Å². The van der Waals surface area contributed by atoms with Crippen molar-refractivity contribution in [3.8, 4) is 0 Å². The minimum absolute atomic E-state index is 0.0916. The third-order valence-electron chi connectivity index (χ3n) is 5.40. The van der Waals surface area contributed by atoms with E-state index in [0.29, 0.717) is 11.7 Å². The number of carbonyl (C=O) groups excluding carboxylic acids is 3. The van der Waals surface area contributed by atoms with Crippen molar-refractivity contribution >= 4 is 29.6 Å². The summed E-state index contributed by atoms with van der Waals surface area (Å²) in [5.74, 6) is 0.565. The van der Waals surface area contributed by atoms with Gasteiger partial charge in [-0.15, -0.1) is 0 Å². The molecular formula is C16H25N3O3S. The Balaban J connectivity index is 1.69. The van der Waals surface area contributed by atoms with Crippen LogP contribution in [0.4, 0.5) is 4.79 Å². The second-order valence-corrected chi connectivity index (χ2v) is 8.20. The highest BCUT2D eigenvalue weighted by molar-refractivity contribution is 8.00. The van der Waals surface area contributed by atoms with Gasteiger partial charge in [-0.3, -0.25) is 14.5 Å². The largest absolute Gasteiger partial charge is 0.336 e. The Labute approximate surface area is 141 Å². The molecule has 1 saturated carbocycles. The highest BCUT2D eigenvalue weighted by Crippen LogP contribution is 2.35. The number of urea groups is 1. The predicted molar refractivity (Wildman–Crippen MR) is 89.2 cm³/mol. The second kappa shape index (κ2) is 6.34. The molecule has 3 atom stereocenters. The number of amides is 4. The lowest BCUT2D eigenvalue weighted by atomic mass is 9.93. The van der Waals surface area contributed by atoms with E-state index in [2.05, 4.69) is 5.32 Å². The van der Waals surface area contributed by atoms with Crippen LogP contribution in [0.5, 0.6) is 0 Å². The number of thioether (sulfide) groups is 1. The smallest absolute Gasteiger partial charge is 0.325 e. The maximum atomic E-state index is 12.7.